The van der Waals surface area contributed by atoms with Crippen LogP contribution in [0.1, 0.15) is 10.4 Å². The molecule has 3 rings (SSSR count). The van der Waals surface area contributed by atoms with E-state index in [0.29, 0.717) is 10.0 Å². The fourth-order valence-corrected chi connectivity index (χ4v) is 4.53. The fourth-order valence-electron chi connectivity index (χ4n) is 2.78. The number of hydrogen-bond donors (Lipinski definition) is 2. The number of benzene rings is 3. The highest BCUT2D eigenvalue weighted by Gasteiger charge is 2.20. The van der Waals surface area contributed by atoms with E-state index in [-0.39, 0.29) is 38.4 Å². The van der Waals surface area contributed by atoms with Crippen LogP contribution < -0.4 is 19.5 Å². The Balaban J connectivity index is 1.95. The molecule has 3 aromatic carbocycles. The molecule has 0 aliphatic carbocycles. The number of sulfonamides is 1. The van der Waals surface area contributed by atoms with Crippen LogP contribution in [0.3, 0.4) is 0 Å². The summed E-state index contributed by atoms with van der Waals surface area (Å²) in [4.78, 5) is 12.6. The summed E-state index contributed by atoms with van der Waals surface area (Å²) in [7, 11) is -1.26. The molecule has 168 valence electrons. The minimum atomic E-state index is -4.06. The van der Waals surface area contributed by atoms with Crippen LogP contribution in [-0.2, 0) is 10.0 Å². The lowest BCUT2D eigenvalue weighted by atomic mass is 10.2. The largest absolute Gasteiger partial charge is 0.495 e. The first-order chi connectivity index (χ1) is 15.1. The highest BCUT2D eigenvalue weighted by atomic mass is 35.5. The van der Waals surface area contributed by atoms with Gasteiger partial charge in [-0.1, -0.05) is 34.8 Å². The van der Waals surface area contributed by atoms with Crippen LogP contribution >= 0.6 is 34.8 Å². The third-order valence-corrected chi connectivity index (χ3v) is 6.46. The number of ether oxygens (including phenoxy) is 2. The van der Waals surface area contributed by atoms with Gasteiger partial charge in [-0.05, 0) is 54.6 Å². The summed E-state index contributed by atoms with van der Waals surface area (Å²) < 4.78 is 38.8. The maximum Gasteiger partial charge on any atom is 0.262 e. The number of nitrogens with one attached hydrogen (secondary N) is 2. The van der Waals surface area contributed by atoms with Crippen molar-refractivity contribution in [3.05, 3.63) is 75.2 Å². The molecule has 0 spiro atoms. The zero-order valence-electron chi connectivity index (χ0n) is 16.8. The smallest absolute Gasteiger partial charge is 0.262 e. The monoisotopic (exact) mass is 514 g/mol. The van der Waals surface area contributed by atoms with Crippen LogP contribution in [0.4, 0.5) is 11.4 Å². The summed E-state index contributed by atoms with van der Waals surface area (Å²) >= 11 is 17.9. The Kier molecular flexibility index (Phi) is 7.40. The first kappa shape index (κ1) is 24.0. The second-order valence-corrected chi connectivity index (χ2v) is 9.35. The van der Waals surface area contributed by atoms with E-state index in [1.165, 1.54) is 62.8 Å². The van der Waals surface area contributed by atoms with Gasteiger partial charge in [-0.25, -0.2) is 8.42 Å². The number of halogens is 3. The quantitative estimate of drug-likeness (QED) is 0.420. The van der Waals surface area contributed by atoms with E-state index in [9.17, 15) is 13.2 Å². The lowest BCUT2D eigenvalue weighted by molar-refractivity contribution is 0.102. The highest BCUT2D eigenvalue weighted by Crippen LogP contribution is 2.33. The lowest BCUT2D eigenvalue weighted by Crippen LogP contribution is -2.16. The molecule has 11 heteroatoms. The maximum absolute atomic E-state index is 13.0. The van der Waals surface area contributed by atoms with E-state index in [1.54, 1.807) is 6.07 Å². The van der Waals surface area contributed by atoms with Gasteiger partial charge in [0.05, 0.1) is 41.1 Å². The van der Waals surface area contributed by atoms with E-state index >= 15 is 0 Å². The van der Waals surface area contributed by atoms with Crippen molar-refractivity contribution in [2.24, 2.45) is 0 Å². The zero-order valence-corrected chi connectivity index (χ0v) is 19.9. The molecule has 0 aliphatic heterocycles. The standard InChI is InChI=1S/C21H17Cl3N2O5S/c1-30-19-8-5-14(32(28,29)26-18-10-13(23)4-7-20(18)31-2)11-17(19)25-21(27)15-6-3-12(22)9-16(15)24/h3-11,26H,1-2H3,(H,25,27). The lowest BCUT2D eigenvalue weighted by Gasteiger charge is -2.15. The Morgan fingerprint density at radius 2 is 1.41 bits per heavy atom. The van der Waals surface area contributed by atoms with Crippen molar-refractivity contribution in [1.82, 2.24) is 0 Å². The summed E-state index contributed by atoms with van der Waals surface area (Å²) in [5.74, 6) is -0.0240. The molecule has 3 aromatic rings. The minimum absolute atomic E-state index is 0.127. The number of anilines is 2. The second-order valence-electron chi connectivity index (χ2n) is 6.39. The van der Waals surface area contributed by atoms with Gasteiger partial charge in [0, 0.05) is 10.0 Å². The Hall–Kier alpha value is -2.65. The van der Waals surface area contributed by atoms with Crippen LogP contribution in [0.2, 0.25) is 15.1 Å². The summed E-state index contributed by atoms with van der Waals surface area (Å²) in [5.41, 5.74) is 0.451. The third-order valence-electron chi connectivity index (χ3n) is 4.31. The van der Waals surface area contributed by atoms with Crippen molar-refractivity contribution in [3.8, 4) is 11.5 Å². The highest BCUT2D eigenvalue weighted by molar-refractivity contribution is 7.92. The van der Waals surface area contributed by atoms with Crippen molar-refractivity contribution in [1.29, 1.82) is 0 Å². The van der Waals surface area contributed by atoms with E-state index in [1.807, 2.05) is 0 Å². The summed E-state index contributed by atoms with van der Waals surface area (Å²) in [6.45, 7) is 0. The molecule has 0 heterocycles. The molecule has 0 atom stereocenters. The van der Waals surface area contributed by atoms with Gasteiger partial charge in [0.1, 0.15) is 11.5 Å². The SMILES string of the molecule is COc1ccc(S(=O)(=O)Nc2cc(Cl)ccc2OC)cc1NC(=O)c1ccc(Cl)cc1Cl. The summed E-state index contributed by atoms with van der Waals surface area (Å²) in [6.07, 6.45) is 0. The number of hydrogen-bond acceptors (Lipinski definition) is 5. The topological polar surface area (TPSA) is 93.7 Å². The first-order valence-corrected chi connectivity index (χ1v) is 11.6. The van der Waals surface area contributed by atoms with Gasteiger partial charge in [0.2, 0.25) is 0 Å². The molecule has 0 aliphatic rings. The number of methoxy groups -OCH3 is 2. The molecule has 0 saturated heterocycles. The molecule has 0 bridgehead atoms. The molecular weight excluding hydrogens is 499 g/mol. The molecule has 7 nitrogen and oxygen atoms in total. The number of carbonyl (C=O) groups is 1. The number of rotatable bonds is 7. The predicted octanol–water partition coefficient (Wildman–Crippen LogP) is 5.72. The number of carbonyl (C=O) groups excluding carboxylic acids is 1. The van der Waals surface area contributed by atoms with Crippen molar-refractivity contribution >= 4 is 62.1 Å². The zero-order chi connectivity index (χ0) is 23.5. The second kappa shape index (κ2) is 9.87. The van der Waals surface area contributed by atoms with Gasteiger partial charge in [0.15, 0.2) is 0 Å². The Labute approximate surface area is 200 Å². The Morgan fingerprint density at radius 3 is 2.06 bits per heavy atom. The van der Waals surface area contributed by atoms with Crippen molar-refractivity contribution in [2.75, 3.05) is 24.3 Å². The van der Waals surface area contributed by atoms with Crippen LogP contribution in [0.25, 0.3) is 0 Å². The van der Waals surface area contributed by atoms with Crippen LogP contribution in [0.5, 0.6) is 11.5 Å². The van der Waals surface area contributed by atoms with Crippen LogP contribution in [-0.4, -0.2) is 28.5 Å². The van der Waals surface area contributed by atoms with Gasteiger partial charge in [-0.3, -0.25) is 9.52 Å². The van der Waals surface area contributed by atoms with E-state index in [4.69, 9.17) is 44.3 Å². The molecule has 2 N–H and O–H groups in total. The molecular formula is C21H17Cl3N2O5S. The van der Waals surface area contributed by atoms with Crippen molar-refractivity contribution < 1.29 is 22.7 Å². The van der Waals surface area contributed by atoms with Gasteiger partial charge < -0.3 is 14.8 Å². The Morgan fingerprint density at radius 1 is 0.812 bits per heavy atom. The van der Waals surface area contributed by atoms with Crippen molar-refractivity contribution in [3.63, 3.8) is 0 Å². The molecule has 1 amide bonds. The van der Waals surface area contributed by atoms with Gasteiger partial charge in [-0.2, -0.15) is 0 Å². The van der Waals surface area contributed by atoms with Crippen LogP contribution in [0.15, 0.2) is 59.5 Å². The number of amides is 1. The molecule has 0 radical (unpaired) electrons. The normalized spacial score (nSPS) is 11.0. The molecule has 0 aromatic heterocycles. The summed E-state index contributed by atoms with van der Waals surface area (Å²) in [5, 5.41) is 3.46. The molecule has 32 heavy (non-hydrogen) atoms. The predicted molar refractivity (Wildman–Crippen MR) is 126 cm³/mol. The van der Waals surface area contributed by atoms with Gasteiger partial charge in [-0.15, -0.1) is 0 Å². The molecule has 0 saturated carbocycles. The molecule has 0 fully saturated rings. The van der Waals surface area contributed by atoms with E-state index < -0.39 is 15.9 Å². The first-order valence-electron chi connectivity index (χ1n) is 8.95. The Bertz CT molecular complexity index is 1280. The summed E-state index contributed by atoms with van der Waals surface area (Å²) in [6, 6.07) is 13.0. The fraction of sp³-hybridized carbons (Fsp3) is 0.0952. The van der Waals surface area contributed by atoms with Crippen LogP contribution in [0, 0.1) is 0 Å². The average molecular weight is 516 g/mol. The van der Waals surface area contributed by atoms with Crippen molar-refractivity contribution in [2.45, 2.75) is 4.90 Å². The van der Waals surface area contributed by atoms with Gasteiger partial charge >= 0.3 is 0 Å². The van der Waals surface area contributed by atoms with E-state index in [0.717, 1.165) is 0 Å². The molecule has 0 unspecified atom stereocenters. The third kappa shape index (κ3) is 5.39. The maximum atomic E-state index is 13.0. The minimum Gasteiger partial charge on any atom is -0.495 e. The van der Waals surface area contributed by atoms with E-state index in [2.05, 4.69) is 10.0 Å². The van der Waals surface area contributed by atoms with Gasteiger partial charge in [0.25, 0.3) is 15.9 Å². The average Bonchev–Trinajstić information content (AvgIpc) is 2.73.